The van der Waals surface area contributed by atoms with Gasteiger partial charge in [0.2, 0.25) is 0 Å². The first-order valence-corrected chi connectivity index (χ1v) is 5.90. The zero-order valence-corrected chi connectivity index (χ0v) is 10.8. The van der Waals surface area contributed by atoms with Crippen molar-refractivity contribution in [1.29, 1.82) is 0 Å². The number of benzene rings is 1. The van der Waals surface area contributed by atoms with Crippen LogP contribution in [0.25, 0.3) is 0 Å². The second-order valence-electron chi connectivity index (χ2n) is 4.17. The number of nitrogen functional groups attached to an aromatic ring is 1. The van der Waals surface area contributed by atoms with Gasteiger partial charge < -0.3 is 11.1 Å². The van der Waals surface area contributed by atoms with Crippen LogP contribution in [-0.2, 0) is 13.5 Å². The summed E-state index contributed by atoms with van der Waals surface area (Å²) in [4.78, 5) is 12.1. The number of halogens is 1. The van der Waals surface area contributed by atoms with Crippen molar-refractivity contribution in [2.45, 2.75) is 13.3 Å². The first-order chi connectivity index (χ1) is 9.02. The average Bonchev–Trinajstić information content (AvgIpc) is 2.75. The summed E-state index contributed by atoms with van der Waals surface area (Å²) in [5, 5.41) is 6.66. The molecule has 1 amide bonds. The van der Waals surface area contributed by atoms with Gasteiger partial charge in [-0.3, -0.25) is 9.48 Å². The van der Waals surface area contributed by atoms with E-state index >= 15 is 0 Å². The number of anilines is 2. The molecule has 2 rings (SSSR count). The molecule has 0 saturated heterocycles. The highest BCUT2D eigenvalue weighted by Gasteiger charge is 2.17. The minimum absolute atomic E-state index is 0.00148. The third-order valence-corrected chi connectivity index (χ3v) is 2.77. The number of rotatable bonds is 3. The third kappa shape index (κ3) is 2.57. The molecule has 0 fully saturated rings. The Morgan fingerprint density at radius 2 is 2.26 bits per heavy atom. The van der Waals surface area contributed by atoms with Gasteiger partial charge in [0, 0.05) is 13.2 Å². The molecule has 1 heterocycles. The average molecular weight is 262 g/mol. The van der Waals surface area contributed by atoms with E-state index in [1.165, 1.54) is 18.2 Å². The number of carbonyl (C=O) groups is 1. The summed E-state index contributed by atoms with van der Waals surface area (Å²) >= 11 is 0. The maximum absolute atomic E-state index is 13.6. The Balaban J connectivity index is 2.31. The van der Waals surface area contributed by atoms with Gasteiger partial charge in [0.05, 0.1) is 16.9 Å². The van der Waals surface area contributed by atoms with Crippen molar-refractivity contribution in [3.63, 3.8) is 0 Å². The first kappa shape index (κ1) is 13.1. The lowest BCUT2D eigenvalue weighted by molar-refractivity contribution is 0.102. The number of aromatic nitrogens is 2. The molecule has 0 atom stereocenters. The molecule has 0 spiro atoms. The highest BCUT2D eigenvalue weighted by Crippen LogP contribution is 2.23. The number of nitrogens with one attached hydrogen (secondary N) is 1. The number of carbonyl (C=O) groups excluding carboxylic acids is 1. The zero-order chi connectivity index (χ0) is 14.0. The van der Waals surface area contributed by atoms with Gasteiger partial charge in [-0.1, -0.05) is 13.0 Å². The second-order valence-corrected chi connectivity index (χ2v) is 4.17. The minimum atomic E-state index is -0.560. The predicted octanol–water partition coefficient (Wildman–Crippen LogP) is 1.96. The Kier molecular flexibility index (Phi) is 3.50. The molecule has 0 saturated carbocycles. The molecule has 0 radical (unpaired) electrons. The van der Waals surface area contributed by atoms with Crippen LogP contribution in [0.2, 0.25) is 0 Å². The lowest BCUT2D eigenvalue weighted by Crippen LogP contribution is -2.15. The summed E-state index contributed by atoms with van der Waals surface area (Å²) in [6, 6.07) is 4.26. The summed E-state index contributed by atoms with van der Waals surface area (Å²) in [5.41, 5.74) is 6.92. The van der Waals surface area contributed by atoms with Crippen molar-refractivity contribution < 1.29 is 9.18 Å². The van der Waals surface area contributed by atoms with Gasteiger partial charge >= 0.3 is 0 Å². The minimum Gasteiger partial charge on any atom is -0.397 e. The summed E-state index contributed by atoms with van der Waals surface area (Å²) in [6.45, 7) is 1.90. The standard InChI is InChI=1S/C13H15FN4O/c1-3-11-8(7-18(2)17-11)13(19)16-12-9(14)5-4-6-10(12)15/h4-7H,3,15H2,1-2H3,(H,16,19). The number of para-hydroxylation sites is 1. The lowest BCUT2D eigenvalue weighted by Gasteiger charge is -2.08. The molecule has 5 nitrogen and oxygen atoms in total. The topological polar surface area (TPSA) is 72.9 Å². The summed E-state index contributed by atoms with van der Waals surface area (Å²) in [7, 11) is 1.73. The fraction of sp³-hybridized carbons (Fsp3) is 0.231. The van der Waals surface area contributed by atoms with Gasteiger partial charge in [-0.2, -0.15) is 5.10 Å². The van der Waals surface area contributed by atoms with Gasteiger partial charge in [0.1, 0.15) is 11.5 Å². The Bertz CT molecular complexity index is 601. The van der Waals surface area contributed by atoms with E-state index in [9.17, 15) is 9.18 Å². The number of aryl methyl sites for hydroxylation is 2. The van der Waals surface area contributed by atoms with E-state index in [1.54, 1.807) is 17.9 Å². The monoisotopic (exact) mass is 262 g/mol. The van der Waals surface area contributed by atoms with Crippen molar-refractivity contribution in [2.75, 3.05) is 11.1 Å². The zero-order valence-electron chi connectivity index (χ0n) is 10.8. The summed E-state index contributed by atoms with van der Waals surface area (Å²) in [5.74, 6) is -0.975. The molecule has 0 aliphatic carbocycles. The van der Waals surface area contributed by atoms with Gasteiger partial charge in [-0.05, 0) is 18.6 Å². The van der Waals surface area contributed by atoms with Gasteiger partial charge in [0.15, 0.2) is 0 Å². The summed E-state index contributed by atoms with van der Waals surface area (Å²) in [6.07, 6.45) is 2.22. The highest BCUT2D eigenvalue weighted by atomic mass is 19.1. The van der Waals surface area contributed by atoms with Crippen LogP contribution in [0.4, 0.5) is 15.8 Å². The van der Waals surface area contributed by atoms with Crippen LogP contribution >= 0.6 is 0 Å². The van der Waals surface area contributed by atoms with Crippen LogP contribution in [0.15, 0.2) is 24.4 Å². The molecule has 2 aromatic rings. The Hall–Kier alpha value is -2.37. The molecular weight excluding hydrogens is 247 g/mol. The second kappa shape index (κ2) is 5.09. The van der Waals surface area contributed by atoms with Crippen molar-refractivity contribution in [3.8, 4) is 0 Å². The SMILES string of the molecule is CCc1nn(C)cc1C(=O)Nc1c(N)cccc1F. The molecule has 3 N–H and O–H groups in total. The summed E-state index contributed by atoms with van der Waals surface area (Å²) < 4.78 is 15.2. The molecule has 19 heavy (non-hydrogen) atoms. The smallest absolute Gasteiger partial charge is 0.259 e. The number of amides is 1. The van der Waals surface area contributed by atoms with Crippen molar-refractivity contribution in [2.24, 2.45) is 7.05 Å². The van der Waals surface area contributed by atoms with E-state index in [4.69, 9.17) is 5.73 Å². The first-order valence-electron chi connectivity index (χ1n) is 5.90. The largest absolute Gasteiger partial charge is 0.397 e. The van der Waals surface area contributed by atoms with Crippen LogP contribution in [0.5, 0.6) is 0 Å². The quantitative estimate of drug-likeness (QED) is 0.830. The van der Waals surface area contributed by atoms with Gasteiger partial charge in [-0.25, -0.2) is 4.39 Å². The van der Waals surface area contributed by atoms with Crippen LogP contribution in [0, 0.1) is 5.82 Å². The molecule has 0 bridgehead atoms. The lowest BCUT2D eigenvalue weighted by atomic mass is 10.2. The van der Waals surface area contributed by atoms with Gasteiger partial charge in [-0.15, -0.1) is 0 Å². The van der Waals surface area contributed by atoms with Crippen LogP contribution in [-0.4, -0.2) is 15.7 Å². The molecule has 1 aromatic carbocycles. The maximum Gasteiger partial charge on any atom is 0.259 e. The fourth-order valence-electron chi connectivity index (χ4n) is 1.84. The molecule has 6 heteroatoms. The molecule has 0 aliphatic rings. The number of hydrogen-bond donors (Lipinski definition) is 2. The Morgan fingerprint density at radius 3 is 2.89 bits per heavy atom. The van der Waals surface area contributed by atoms with E-state index in [-0.39, 0.29) is 11.4 Å². The van der Waals surface area contributed by atoms with E-state index in [0.717, 1.165) is 0 Å². The molecular formula is C13H15FN4O. The Morgan fingerprint density at radius 1 is 1.53 bits per heavy atom. The normalized spacial score (nSPS) is 10.5. The van der Waals surface area contributed by atoms with Crippen molar-refractivity contribution >= 4 is 17.3 Å². The Labute approximate surface area is 110 Å². The van der Waals surface area contributed by atoms with Crippen molar-refractivity contribution in [3.05, 3.63) is 41.5 Å². The highest BCUT2D eigenvalue weighted by molar-refractivity contribution is 6.06. The molecule has 100 valence electrons. The molecule has 1 aromatic heterocycles. The molecule has 0 aliphatic heterocycles. The van der Waals surface area contributed by atoms with Gasteiger partial charge in [0.25, 0.3) is 5.91 Å². The maximum atomic E-state index is 13.6. The fourth-order valence-corrected chi connectivity index (χ4v) is 1.84. The van der Waals surface area contributed by atoms with E-state index in [1.807, 2.05) is 6.92 Å². The third-order valence-electron chi connectivity index (χ3n) is 2.77. The van der Waals surface area contributed by atoms with Crippen LogP contribution in [0.3, 0.4) is 0 Å². The predicted molar refractivity (Wildman–Crippen MR) is 71.4 cm³/mol. The number of nitrogens with zero attached hydrogens (tertiary/aromatic N) is 2. The van der Waals surface area contributed by atoms with E-state index in [0.29, 0.717) is 17.7 Å². The number of nitrogens with two attached hydrogens (primary N) is 1. The van der Waals surface area contributed by atoms with E-state index < -0.39 is 11.7 Å². The molecule has 0 unspecified atom stereocenters. The van der Waals surface area contributed by atoms with Crippen molar-refractivity contribution in [1.82, 2.24) is 9.78 Å². The number of hydrogen-bond acceptors (Lipinski definition) is 3. The van der Waals surface area contributed by atoms with E-state index in [2.05, 4.69) is 10.4 Å². The van der Waals surface area contributed by atoms with Crippen LogP contribution < -0.4 is 11.1 Å². The van der Waals surface area contributed by atoms with Crippen LogP contribution in [0.1, 0.15) is 23.0 Å².